The molecule has 0 aromatic heterocycles. The second-order valence-corrected chi connectivity index (χ2v) is 4.55. The summed E-state index contributed by atoms with van der Waals surface area (Å²) in [6.07, 6.45) is -0.232. The minimum atomic E-state index is -0.359. The predicted molar refractivity (Wildman–Crippen MR) is 64.1 cm³/mol. The Kier molecular flexibility index (Phi) is 3.33. The van der Waals surface area contributed by atoms with Gasteiger partial charge in [0.2, 0.25) is 0 Å². The van der Waals surface area contributed by atoms with E-state index in [-0.39, 0.29) is 18.1 Å². The van der Waals surface area contributed by atoms with Crippen molar-refractivity contribution in [3.05, 3.63) is 29.8 Å². The van der Waals surface area contributed by atoms with Crippen LogP contribution in [0.4, 0.5) is 0 Å². The Hall–Kier alpha value is -1.55. The Bertz CT molecular complexity index is 394. The molecule has 0 radical (unpaired) electrons. The molecule has 1 fully saturated rings. The zero-order valence-corrected chi connectivity index (χ0v) is 10.1. The summed E-state index contributed by atoms with van der Waals surface area (Å²) in [6.45, 7) is 4.78. The number of aliphatic hydroxyl groups is 1. The number of hydrogen-bond donors (Lipinski definition) is 1. The highest BCUT2D eigenvalue weighted by Crippen LogP contribution is 2.17. The molecule has 92 valence electrons. The van der Waals surface area contributed by atoms with E-state index in [0.29, 0.717) is 18.7 Å². The molecule has 0 bridgehead atoms. The van der Waals surface area contributed by atoms with Gasteiger partial charge in [0, 0.05) is 18.7 Å². The van der Waals surface area contributed by atoms with E-state index in [1.807, 2.05) is 13.8 Å². The van der Waals surface area contributed by atoms with Crippen molar-refractivity contribution in [1.82, 2.24) is 4.90 Å². The molecule has 4 heteroatoms. The van der Waals surface area contributed by atoms with Crippen LogP contribution in [0.2, 0.25) is 0 Å². The molecule has 4 nitrogen and oxygen atoms in total. The Morgan fingerprint density at radius 1 is 1.35 bits per heavy atom. The lowest BCUT2D eigenvalue weighted by atomic mass is 10.1. The van der Waals surface area contributed by atoms with Crippen molar-refractivity contribution < 1.29 is 14.6 Å². The van der Waals surface area contributed by atoms with Crippen molar-refractivity contribution in [3.8, 4) is 5.75 Å². The van der Waals surface area contributed by atoms with Gasteiger partial charge in [0.15, 0.2) is 0 Å². The first-order chi connectivity index (χ1) is 8.06. The highest BCUT2D eigenvalue weighted by molar-refractivity contribution is 5.94. The number of β-amino-alcohol motifs (C(OH)–C–C–N with tert-alkyl or cyclic N) is 1. The molecule has 1 amide bonds. The Morgan fingerprint density at radius 2 is 1.94 bits per heavy atom. The first-order valence-corrected chi connectivity index (χ1v) is 5.80. The van der Waals surface area contributed by atoms with Gasteiger partial charge in [0.1, 0.15) is 5.75 Å². The van der Waals surface area contributed by atoms with Crippen LogP contribution in [0.1, 0.15) is 24.2 Å². The van der Waals surface area contributed by atoms with Gasteiger partial charge in [-0.15, -0.1) is 0 Å². The fourth-order valence-corrected chi connectivity index (χ4v) is 1.75. The maximum absolute atomic E-state index is 11.9. The average Bonchev–Trinajstić information content (AvgIpc) is 2.24. The zero-order chi connectivity index (χ0) is 12.4. The van der Waals surface area contributed by atoms with E-state index < -0.39 is 0 Å². The molecule has 1 aromatic carbocycles. The van der Waals surface area contributed by atoms with Gasteiger partial charge in [-0.1, -0.05) is 0 Å². The molecule has 0 saturated carbocycles. The third-order valence-corrected chi connectivity index (χ3v) is 2.62. The number of benzene rings is 1. The third kappa shape index (κ3) is 2.77. The van der Waals surface area contributed by atoms with E-state index in [4.69, 9.17) is 9.84 Å². The first kappa shape index (κ1) is 11.9. The van der Waals surface area contributed by atoms with Crippen LogP contribution in [0.25, 0.3) is 0 Å². The van der Waals surface area contributed by atoms with Crippen LogP contribution in [-0.2, 0) is 0 Å². The monoisotopic (exact) mass is 235 g/mol. The molecular weight excluding hydrogens is 218 g/mol. The van der Waals surface area contributed by atoms with Gasteiger partial charge in [-0.25, -0.2) is 0 Å². The lowest BCUT2D eigenvalue weighted by Gasteiger charge is -2.35. The van der Waals surface area contributed by atoms with Crippen LogP contribution in [0.3, 0.4) is 0 Å². The largest absolute Gasteiger partial charge is 0.491 e. The third-order valence-electron chi connectivity index (χ3n) is 2.62. The van der Waals surface area contributed by atoms with Crippen LogP contribution in [0.5, 0.6) is 5.75 Å². The van der Waals surface area contributed by atoms with Crippen LogP contribution in [0, 0.1) is 0 Å². The fourth-order valence-electron chi connectivity index (χ4n) is 1.75. The molecule has 1 N–H and O–H groups in total. The molecule has 0 aliphatic carbocycles. The van der Waals surface area contributed by atoms with Gasteiger partial charge in [0.25, 0.3) is 5.91 Å². The van der Waals surface area contributed by atoms with Gasteiger partial charge >= 0.3 is 0 Å². The summed E-state index contributed by atoms with van der Waals surface area (Å²) < 4.78 is 5.50. The highest BCUT2D eigenvalue weighted by atomic mass is 16.5. The second kappa shape index (κ2) is 4.75. The van der Waals surface area contributed by atoms with Crippen molar-refractivity contribution in [2.45, 2.75) is 26.1 Å². The second-order valence-electron chi connectivity index (χ2n) is 4.55. The first-order valence-electron chi connectivity index (χ1n) is 5.80. The summed E-state index contributed by atoms with van der Waals surface area (Å²) in [5.41, 5.74) is 0.632. The molecule has 1 heterocycles. The number of hydrogen-bond acceptors (Lipinski definition) is 3. The maximum Gasteiger partial charge on any atom is 0.254 e. The van der Waals surface area contributed by atoms with Crippen molar-refractivity contribution >= 4 is 5.91 Å². The quantitative estimate of drug-likeness (QED) is 0.859. The van der Waals surface area contributed by atoms with Crippen molar-refractivity contribution in [3.63, 3.8) is 0 Å². The molecule has 1 aliphatic rings. The summed E-state index contributed by atoms with van der Waals surface area (Å²) in [6, 6.07) is 7.10. The number of amides is 1. The SMILES string of the molecule is CC(C)Oc1ccc(C(=O)N2CC(O)C2)cc1. The lowest BCUT2D eigenvalue weighted by Crippen LogP contribution is -2.53. The molecule has 1 saturated heterocycles. The fraction of sp³-hybridized carbons (Fsp3) is 0.462. The van der Waals surface area contributed by atoms with E-state index >= 15 is 0 Å². The number of rotatable bonds is 3. The minimum absolute atomic E-state index is 0.0357. The van der Waals surface area contributed by atoms with Crippen molar-refractivity contribution in [2.75, 3.05) is 13.1 Å². The van der Waals surface area contributed by atoms with Crippen LogP contribution < -0.4 is 4.74 Å². The van der Waals surface area contributed by atoms with Gasteiger partial charge < -0.3 is 14.7 Å². The lowest BCUT2D eigenvalue weighted by molar-refractivity contribution is 0.00589. The number of carbonyl (C=O) groups excluding carboxylic acids is 1. The van der Waals surface area contributed by atoms with Crippen LogP contribution in [-0.4, -0.2) is 41.2 Å². The number of nitrogens with zero attached hydrogens (tertiary/aromatic N) is 1. The summed E-state index contributed by atoms with van der Waals surface area (Å²) in [4.78, 5) is 13.5. The predicted octanol–water partition coefficient (Wildman–Crippen LogP) is 1.29. The summed E-state index contributed by atoms with van der Waals surface area (Å²) >= 11 is 0. The number of carbonyl (C=O) groups is 1. The standard InChI is InChI=1S/C13H17NO3/c1-9(2)17-12-5-3-10(4-6-12)13(16)14-7-11(15)8-14/h3-6,9,11,15H,7-8H2,1-2H3. The minimum Gasteiger partial charge on any atom is -0.491 e. The number of ether oxygens (including phenoxy) is 1. The molecule has 0 atom stereocenters. The smallest absolute Gasteiger partial charge is 0.254 e. The topological polar surface area (TPSA) is 49.8 Å². The molecule has 1 aliphatic heterocycles. The number of likely N-dealkylation sites (tertiary alicyclic amines) is 1. The Labute approximate surface area is 101 Å². The van der Waals surface area contributed by atoms with Crippen molar-refractivity contribution in [1.29, 1.82) is 0 Å². The van der Waals surface area contributed by atoms with E-state index in [1.165, 1.54) is 0 Å². The van der Waals surface area contributed by atoms with Crippen LogP contribution in [0.15, 0.2) is 24.3 Å². The average molecular weight is 235 g/mol. The van der Waals surface area contributed by atoms with Gasteiger partial charge in [-0.05, 0) is 38.1 Å². The van der Waals surface area contributed by atoms with Crippen molar-refractivity contribution in [2.24, 2.45) is 0 Å². The van der Waals surface area contributed by atoms with Gasteiger partial charge in [-0.2, -0.15) is 0 Å². The molecule has 0 spiro atoms. The van der Waals surface area contributed by atoms with E-state index in [2.05, 4.69) is 0 Å². The molecule has 0 unspecified atom stereocenters. The van der Waals surface area contributed by atoms with Crippen LogP contribution >= 0.6 is 0 Å². The zero-order valence-electron chi connectivity index (χ0n) is 10.1. The molecule has 2 rings (SSSR count). The molecule has 17 heavy (non-hydrogen) atoms. The number of aliphatic hydroxyl groups excluding tert-OH is 1. The molecule has 1 aromatic rings. The summed E-state index contributed by atoms with van der Waals surface area (Å²) in [5.74, 6) is 0.728. The van der Waals surface area contributed by atoms with Gasteiger partial charge in [-0.3, -0.25) is 4.79 Å². The Balaban J connectivity index is 2.00. The van der Waals surface area contributed by atoms with E-state index in [0.717, 1.165) is 5.75 Å². The normalized spacial score (nSPS) is 15.9. The Morgan fingerprint density at radius 3 is 2.41 bits per heavy atom. The summed E-state index contributed by atoms with van der Waals surface area (Å²) in [7, 11) is 0. The van der Waals surface area contributed by atoms with E-state index in [9.17, 15) is 4.79 Å². The molecular formula is C13H17NO3. The van der Waals surface area contributed by atoms with Gasteiger partial charge in [0.05, 0.1) is 12.2 Å². The maximum atomic E-state index is 11.9. The summed E-state index contributed by atoms with van der Waals surface area (Å²) in [5, 5.41) is 9.14. The highest BCUT2D eigenvalue weighted by Gasteiger charge is 2.29. The van der Waals surface area contributed by atoms with E-state index in [1.54, 1.807) is 29.2 Å².